The number of hydrogen-bond donors (Lipinski definition) is 3. The van der Waals surface area contributed by atoms with E-state index >= 15 is 0 Å². The Labute approximate surface area is 161 Å². The lowest BCUT2D eigenvalue weighted by Crippen LogP contribution is -2.45. The van der Waals surface area contributed by atoms with Crippen LogP contribution in [0.15, 0.2) is 24.3 Å². The third-order valence-electron chi connectivity index (χ3n) is 4.12. The molecular weight excluding hydrogens is 374 g/mol. The highest BCUT2D eigenvalue weighted by Gasteiger charge is 2.23. The van der Waals surface area contributed by atoms with Gasteiger partial charge in [0, 0.05) is 15.5 Å². The molecule has 1 aromatic heterocycles. The molecule has 8 heteroatoms. The summed E-state index contributed by atoms with van der Waals surface area (Å²) in [6, 6.07) is 6.58. The highest BCUT2D eigenvalue weighted by molar-refractivity contribution is 7.16. The molecule has 6 nitrogen and oxygen atoms in total. The third-order valence-corrected chi connectivity index (χ3v) is 5.26. The normalized spacial score (nSPS) is 13.2. The Balaban J connectivity index is 2.00. The van der Waals surface area contributed by atoms with Crippen LogP contribution in [-0.2, 0) is 9.59 Å². The monoisotopic (exact) mass is 395 g/mol. The minimum absolute atomic E-state index is 0.0704. The second-order valence-electron chi connectivity index (χ2n) is 6.06. The number of aromatic nitrogens is 1. The Morgan fingerprint density at radius 3 is 2.54 bits per heavy atom. The van der Waals surface area contributed by atoms with Crippen molar-refractivity contribution in [2.75, 3.05) is 11.9 Å². The highest BCUT2D eigenvalue weighted by Crippen LogP contribution is 2.30. The van der Waals surface area contributed by atoms with Crippen molar-refractivity contribution in [2.45, 2.75) is 33.2 Å². The fourth-order valence-corrected chi connectivity index (χ4v) is 3.44. The Bertz CT molecular complexity index is 776. The maximum absolute atomic E-state index is 12.1. The number of aryl methyl sites for hydroxylation is 1. The average Bonchev–Trinajstić information content (AvgIpc) is 2.95. The van der Waals surface area contributed by atoms with Crippen LogP contribution in [0.2, 0.25) is 5.02 Å². The van der Waals surface area contributed by atoms with Crippen molar-refractivity contribution in [1.29, 1.82) is 0 Å². The van der Waals surface area contributed by atoms with Gasteiger partial charge < -0.3 is 10.4 Å². The van der Waals surface area contributed by atoms with Gasteiger partial charge in [-0.1, -0.05) is 44.0 Å². The molecule has 2 aromatic rings. The van der Waals surface area contributed by atoms with Gasteiger partial charge >= 0.3 is 5.97 Å². The van der Waals surface area contributed by atoms with Gasteiger partial charge in [-0.25, -0.2) is 4.98 Å². The number of nitrogens with one attached hydrogen (secondary N) is 2. The van der Waals surface area contributed by atoms with E-state index in [2.05, 4.69) is 15.6 Å². The van der Waals surface area contributed by atoms with E-state index in [9.17, 15) is 14.7 Å². The molecule has 0 aliphatic carbocycles. The summed E-state index contributed by atoms with van der Waals surface area (Å²) in [4.78, 5) is 28.9. The number of carboxylic acids is 1. The molecule has 3 N–H and O–H groups in total. The molecule has 1 aromatic carbocycles. The molecule has 1 heterocycles. The van der Waals surface area contributed by atoms with Gasteiger partial charge in [0.25, 0.3) is 0 Å². The summed E-state index contributed by atoms with van der Waals surface area (Å²) in [5, 5.41) is 15.9. The van der Waals surface area contributed by atoms with Crippen molar-refractivity contribution >= 4 is 39.9 Å². The standard InChI is InChI=1S/C18H22ClN3O3S/c1-4-10(2)15(17(24)25)20-9-14(23)21-18-22-16(11(3)26-18)12-5-7-13(19)8-6-12/h5-8,10,15,20H,4,9H2,1-3H3,(H,24,25)(H,21,22,23)/t10-,15-/m0/s1. The van der Waals surface area contributed by atoms with E-state index in [1.54, 1.807) is 12.1 Å². The molecule has 0 bridgehead atoms. The number of anilines is 1. The number of amides is 1. The molecule has 0 unspecified atom stereocenters. The number of aliphatic carboxylic acids is 1. The predicted molar refractivity (Wildman–Crippen MR) is 105 cm³/mol. The van der Waals surface area contributed by atoms with Crippen molar-refractivity contribution in [2.24, 2.45) is 5.92 Å². The summed E-state index contributed by atoms with van der Waals surface area (Å²) < 4.78 is 0. The fourth-order valence-electron chi connectivity index (χ4n) is 2.46. The molecule has 0 radical (unpaired) electrons. The SMILES string of the molecule is CC[C@H](C)[C@H](NCC(=O)Nc1nc(-c2ccc(Cl)cc2)c(C)s1)C(=O)O. The first-order chi connectivity index (χ1) is 12.3. The molecule has 0 saturated heterocycles. The van der Waals surface area contributed by atoms with E-state index in [1.807, 2.05) is 32.9 Å². The van der Waals surface area contributed by atoms with Crippen LogP contribution in [-0.4, -0.2) is 34.6 Å². The second kappa shape index (κ2) is 9.12. The van der Waals surface area contributed by atoms with Crippen LogP contribution >= 0.6 is 22.9 Å². The van der Waals surface area contributed by atoms with Crippen LogP contribution in [0.4, 0.5) is 5.13 Å². The molecular formula is C18H22ClN3O3S. The maximum Gasteiger partial charge on any atom is 0.320 e. The minimum Gasteiger partial charge on any atom is -0.480 e. The number of carboxylic acid groups (broad SMARTS) is 1. The molecule has 2 atom stereocenters. The van der Waals surface area contributed by atoms with Crippen LogP contribution in [0.3, 0.4) is 0 Å². The van der Waals surface area contributed by atoms with E-state index in [4.69, 9.17) is 11.6 Å². The lowest BCUT2D eigenvalue weighted by molar-refractivity contribution is -0.140. The van der Waals surface area contributed by atoms with E-state index in [1.165, 1.54) is 11.3 Å². The summed E-state index contributed by atoms with van der Waals surface area (Å²) in [7, 11) is 0. The largest absolute Gasteiger partial charge is 0.480 e. The highest BCUT2D eigenvalue weighted by atomic mass is 35.5. The number of carbonyl (C=O) groups is 2. The van der Waals surface area contributed by atoms with Crippen molar-refractivity contribution in [1.82, 2.24) is 10.3 Å². The van der Waals surface area contributed by atoms with Crippen molar-refractivity contribution in [3.8, 4) is 11.3 Å². The van der Waals surface area contributed by atoms with E-state index in [0.717, 1.165) is 16.1 Å². The molecule has 26 heavy (non-hydrogen) atoms. The minimum atomic E-state index is -0.956. The first-order valence-electron chi connectivity index (χ1n) is 8.31. The Hall–Kier alpha value is -1.96. The quantitative estimate of drug-likeness (QED) is 0.632. The number of hydrogen-bond acceptors (Lipinski definition) is 5. The molecule has 140 valence electrons. The zero-order chi connectivity index (χ0) is 19.3. The first kappa shape index (κ1) is 20.4. The molecule has 0 fully saturated rings. The lowest BCUT2D eigenvalue weighted by atomic mass is 9.99. The number of carbonyl (C=O) groups excluding carboxylic acids is 1. The van der Waals surface area contributed by atoms with Gasteiger partial charge in [-0.2, -0.15) is 0 Å². The number of halogens is 1. The Morgan fingerprint density at radius 1 is 1.31 bits per heavy atom. The van der Waals surface area contributed by atoms with Gasteiger partial charge in [0.05, 0.1) is 12.2 Å². The molecule has 1 amide bonds. The van der Waals surface area contributed by atoms with Crippen molar-refractivity contribution in [3.63, 3.8) is 0 Å². The lowest BCUT2D eigenvalue weighted by Gasteiger charge is -2.19. The summed E-state index contributed by atoms with van der Waals surface area (Å²) in [5.74, 6) is -1.35. The van der Waals surface area contributed by atoms with Gasteiger partial charge in [0.1, 0.15) is 6.04 Å². The first-order valence-corrected chi connectivity index (χ1v) is 9.50. The Kier molecular flexibility index (Phi) is 7.14. The van der Waals surface area contributed by atoms with E-state index in [0.29, 0.717) is 16.6 Å². The predicted octanol–water partition coefficient (Wildman–Crippen LogP) is 3.80. The van der Waals surface area contributed by atoms with E-state index < -0.39 is 12.0 Å². The summed E-state index contributed by atoms with van der Waals surface area (Å²) in [5.41, 5.74) is 1.71. The molecule has 0 spiro atoms. The van der Waals surface area contributed by atoms with Crippen LogP contribution in [0.25, 0.3) is 11.3 Å². The molecule has 2 rings (SSSR count). The Morgan fingerprint density at radius 2 is 1.96 bits per heavy atom. The number of nitrogens with zero attached hydrogens (tertiary/aromatic N) is 1. The van der Waals surface area contributed by atoms with Gasteiger partial charge in [0.2, 0.25) is 5.91 Å². The molecule has 0 saturated carbocycles. The summed E-state index contributed by atoms with van der Waals surface area (Å²) in [6.45, 7) is 5.60. The fraction of sp³-hybridized carbons (Fsp3) is 0.389. The smallest absolute Gasteiger partial charge is 0.320 e. The van der Waals surface area contributed by atoms with Crippen LogP contribution in [0.5, 0.6) is 0 Å². The zero-order valence-corrected chi connectivity index (χ0v) is 16.4. The number of benzene rings is 1. The second-order valence-corrected chi connectivity index (χ2v) is 7.70. The summed E-state index contributed by atoms with van der Waals surface area (Å²) in [6.07, 6.45) is 0.710. The molecule has 0 aliphatic heterocycles. The van der Waals surface area contributed by atoms with Crippen LogP contribution in [0, 0.1) is 12.8 Å². The van der Waals surface area contributed by atoms with Gasteiger partial charge in [0.15, 0.2) is 5.13 Å². The van der Waals surface area contributed by atoms with Crippen LogP contribution in [0.1, 0.15) is 25.1 Å². The van der Waals surface area contributed by atoms with Gasteiger partial charge in [-0.05, 0) is 25.0 Å². The van der Waals surface area contributed by atoms with Crippen LogP contribution < -0.4 is 10.6 Å². The van der Waals surface area contributed by atoms with Gasteiger partial charge in [-0.3, -0.25) is 14.9 Å². The number of thiazole rings is 1. The van der Waals surface area contributed by atoms with E-state index in [-0.39, 0.29) is 18.4 Å². The zero-order valence-electron chi connectivity index (χ0n) is 14.9. The maximum atomic E-state index is 12.1. The topological polar surface area (TPSA) is 91.3 Å². The summed E-state index contributed by atoms with van der Waals surface area (Å²) >= 11 is 7.28. The van der Waals surface area contributed by atoms with Crippen molar-refractivity contribution < 1.29 is 14.7 Å². The number of rotatable bonds is 8. The molecule has 0 aliphatic rings. The third kappa shape index (κ3) is 5.27. The van der Waals surface area contributed by atoms with Gasteiger partial charge in [-0.15, -0.1) is 11.3 Å². The van der Waals surface area contributed by atoms with Crippen molar-refractivity contribution in [3.05, 3.63) is 34.2 Å². The average molecular weight is 396 g/mol.